The number of benzene rings is 2. The number of nitrogens with one attached hydrogen (secondary N) is 2. The van der Waals surface area contributed by atoms with Gasteiger partial charge in [-0.1, -0.05) is 12.1 Å². The quantitative estimate of drug-likeness (QED) is 0.545. The molecular weight excluding hydrogens is 392 g/mol. The summed E-state index contributed by atoms with van der Waals surface area (Å²) in [6.07, 6.45) is 0.867. The summed E-state index contributed by atoms with van der Waals surface area (Å²) in [5.74, 6) is 1.33. The molecule has 0 unspecified atom stereocenters. The van der Waals surface area contributed by atoms with Crippen molar-refractivity contribution in [2.45, 2.75) is 31.6 Å². The molecule has 2 N–H and O–H groups in total. The van der Waals surface area contributed by atoms with Crippen LogP contribution in [-0.4, -0.2) is 41.1 Å². The minimum atomic E-state index is -3.60. The maximum atomic E-state index is 12.4. The average Bonchev–Trinajstić information content (AvgIpc) is 2.71. The fraction of sp³-hybridized carbons (Fsp3) is 0.381. The summed E-state index contributed by atoms with van der Waals surface area (Å²) in [6, 6.07) is 12.5. The lowest BCUT2D eigenvalue weighted by atomic mass is 10.2. The molecule has 2 rings (SSSR count). The topological polar surface area (TPSA) is 93.7 Å². The summed E-state index contributed by atoms with van der Waals surface area (Å²) >= 11 is 0. The highest BCUT2D eigenvalue weighted by Crippen LogP contribution is 2.17. The van der Waals surface area contributed by atoms with Gasteiger partial charge in [0.1, 0.15) is 11.5 Å². The smallest absolute Gasteiger partial charge is 0.240 e. The molecule has 2 aromatic rings. The first kappa shape index (κ1) is 22.7. The molecule has 0 fully saturated rings. The van der Waals surface area contributed by atoms with E-state index in [2.05, 4.69) is 10.0 Å². The number of hydrogen-bond donors (Lipinski definition) is 2. The Bertz CT molecular complexity index is 911. The molecule has 0 aliphatic rings. The number of sulfonamides is 1. The van der Waals surface area contributed by atoms with Gasteiger partial charge in [0.05, 0.1) is 18.6 Å². The van der Waals surface area contributed by atoms with Gasteiger partial charge in [-0.15, -0.1) is 0 Å². The third kappa shape index (κ3) is 7.40. The van der Waals surface area contributed by atoms with Crippen molar-refractivity contribution in [1.82, 2.24) is 10.0 Å². The summed E-state index contributed by atoms with van der Waals surface area (Å²) in [4.78, 5) is 12.1. The van der Waals surface area contributed by atoms with E-state index in [9.17, 15) is 13.2 Å². The standard InChI is InChI=1S/C21H28N2O5S/c1-16-6-7-17(2)20(15-16)29(25,26)23-13-12-22-21(24)5-4-14-28-19-10-8-18(27-3)9-11-19/h6-11,15,23H,4-5,12-14H2,1-3H3,(H,22,24). The van der Waals surface area contributed by atoms with E-state index in [4.69, 9.17) is 9.47 Å². The van der Waals surface area contributed by atoms with Crippen LogP contribution in [0.25, 0.3) is 0 Å². The summed E-state index contributed by atoms with van der Waals surface area (Å²) in [5, 5.41) is 2.71. The van der Waals surface area contributed by atoms with Crippen LogP contribution < -0.4 is 19.5 Å². The van der Waals surface area contributed by atoms with Gasteiger partial charge >= 0.3 is 0 Å². The Morgan fingerprint density at radius 3 is 2.38 bits per heavy atom. The second-order valence-corrected chi connectivity index (χ2v) is 8.38. The van der Waals surface area contributed by atoms with Gasteiger partial charge in [-0.25, -0.2) is 13.1 Å². The Hall–Kier alpha value is -2.58. The van der Waals surface area contributed by atoms with Crippen molar-refractivity contribution in [1.29, 1.82) is 0 Å². The molecule has 158 valence electrons. The fourth-order valence-electron chi connectivity index (χ4n) is 2.64. The van der Waals surface area contributed by atoms with Gasteiger partial charge < -0.3 is 14.8 Å². The second-order valence-electron chi connectivity index (χ2n) is 6.64. The van der Waals surface area contributed by atoms with E-state index in [1.807, 2.05) is 13.0 Å². The molecule has 0 aromatic heterocycles. The molecule has 0 aliphatic carbocycles. The van der Waals surface area contributed by atoms with Crippen LogP contribution in [0.1, 0.15) is 24.0 Å². The van der Waals surface area contributed by atoms with E-state index in [-0.39, 0.29) is 23.9 Å². The van der Waals surface area contributed by atoms with Gasteiger partial charge in [0, 0.05) is 19.5 Å². The first-order chi connectivity index (χ1) is 13.8. The Morgan fingerprint density at radius 2 is 1.69 bits per heavy atom. The van der Waals surface area contributed by atoms with Crippen molar-refractivity contribution >= 4 is 15.9 Å². The van der Waals surface area contributed by atoms with E-state index in [0.29, 0.717) is 30.8 Å². The highest BCUT2D eigenvalue weighted by molar-refractivity contribution is 7.89. The van der Waals surface area contributed by atoms with Gasteiger partial charge in [0.2, 0.25) is 15.9 Å². The van der Waals surface area contributed by atoms with Gasteiger partial charge in [-0.2, -0.15) is 0 Å². The molecule has 2 aromatic carbocycles. The number of amides is 1. The Labute approximate surface area is 172 Å². The summed E-state index contributed by atoms with van der Waals surface area (Å²) in [7, 11) is -2.00. The molecule has 7 nitrogen and oxygen atoms in total. The highest BCUT2D eigenvalue weighted by Gasteiger charge is 2.16. The van der Waals surface area contributed by atoms with Gasteiger partial charge in [0.25, 0.3) is 0 Å². The van der Waals surface area contributed by atoms with E-state index >= 15 is 0 Å². The second kappa shape index (κ2) is 10.8. The average molecular weight is 421 g/mol. The maximum absolute atomic E-state index is 12.4. The van der Waals surface area contributed by atoms with Crippen molar-refractivity contribution in [3.63, 3.8) is 0 Å². The zero-order valence-electron chi connectivity index (χ0n) is 17.0. The highest BCUT2D eigenvalue weighted by atomic mass is 32.2. The molecule has 0 bridgehead atoms. The van der Waals surface area contributed by atoms with Crippen LogP contribution in [-0.2, 0) is 14.8 Å². The van der Waals surface area contributed by atoms with Crippen LogP contribution in [0, 0.1) is 13.8 Å². The summed E-state index contributed by atoms with van der Waals surface area (Å²) in [6.45, 7) is 4.37. The van der Waals surface area contributed by atoms with Crippen molar-refractivity contribution < 1.29 is 22.7 Å². The number of carbonyl (C=O) groups excluding carboxylic acids is 1. The van der Waals surface area contributed by atoms with Crippen molar-refractivity contribution in [2.75, 3.05) is 26.8 Å². The lowest BCUT2D eigenvalue weighted by molar-refractivity contribution is -0.121. The third-order valence-electron chi connectivity index (χ3n) is 4.25. The predicted octanol–water partition coefficient (Wildman–Crippen LogP) is 2.57. The number of carbonyl (C=O) groups is 1. The Morgan fingerprint density at radius 1 is 1.00 bits per heavy atom. The first-order valence-electron chi connectivity index (χ1n) is 9.42. The van der Waals surface area contributed by atoms with Gasteiger partial charge in [0.15, 0.2) is 0 Å². The van der Waals surface area contributed by atoms with Crippen LogP contribution in [0.3, 0.4) is 0 Å². The monoisotopic (exact) mass is 420 g/mol. The SMILES string of the molecule is COc1ccc(OCCCC(=O)NCCNS(=O)(=O)c2cc(C)ccc2C)cc1. The number of methoxy groups -OCH3 is 1. The zero-order valence-corrected chi connectivity index (χ0v) is 17.8. The van der Waals surface area contributed by atoms with Gasteiger partial charge in [-0.3, -0.25) is 4.79 Å². The molecule has 0 aliphatic heterocycles. The molecule has 29 heavy (non-hydrogen) atoms. The normalized spacial score (nSPS) is 11.1. The Balaban J connectivity index is 1.64. The molecule has 0 saturated carbocycles. The zero-order chi connectivity index (χ0) is 21.3. The number of rotatable bonds is 11. The molecular formula is C21H28N2O5S. The molecule has 0 atom stereocenters. The lowest BCUT2D eigenvalue weighted by Gasteiger charge is -2.11. The molecule has 1 amide bonds. The first-order valence-corrected chi connectivity index (χ1v) is 10.9. The van der Waals surface area contributed by atoms with Crippen molar-refractivity contribution in [2.24, 2.45) is 0 Å². The Kier molecular flexibility index (Phi) is 8.48. The largest absolute Gasteiger partial charge is 0.497 e. The lowest BCUT2D eigenvalue weighted by Crippen LogP contribution is -2.35. The molecule has 8 heteroatoms. The van der Waals surface area contributed by atoms with Crippen molar-refractivity contribution in [3.05, 3.63) is 53.6 Å². The minimum Gasteiger partial charge on any atom is -0.497 e. The van der Waals surface area contributed by atoms with Crippen LogP contribution in [0.4, 0.5) is 0 Å². The fourth-order valence-corrected chi connectivity index (χ4v) is 4.00. The van der Waals surface area contributed by atoms with Crippen LogP contribution >= 0.6 is 0 Å². The number of hydrogen-bond acceptors (Lipinski definition) is 5. The molecule has 0 heterocycles. The van der Waals surface area contributed by atoms with Crippen molar-refractivity contribution in [3.8, 4) is 11.5 Å². The summed E-state index contributed by atoms with van der Waals surface area (Å²) < 4.78 is 37.9. The predicted molar refractivity (Wildman–Crippen MR) is 112 cm³/mol. The number of aryl methyl sites for hydroxylation is 2. The molecule has 0 radical (unpaired) electrons. The van der Waals surface area contributed by atoms with E-state index < -0.39 is 10.0 Å². The minimum absolute atomic E-state index is 0.129. The van der Waals surface area contributed by atoms with E-state index in [1.165, 1.54) is 0 Å². The summed E-state index contributed by atoms with van der Waals surface area (Å²) in [5.41, 5.74) is 1.56. The maximum Gasteiger partial charge on any atom is 0.240 e. The third-order valence-corrected chi connectivity index (χ3v) is 5.85. The van der Waals surface area contributed by atoms with E-state index in [1.54, 1.807) is 50.4 Å². The van der Waals surface area contributed by atoms with E-state index in [0.717, 1.165) is 11.3 Å². The van der Waals surface area contributed by atoms with Crippen LogP contribution in [0.2, 0.25) is 0 Å². The van der Waals surface area contributed by atoms with Crippen LogP contribution in [0.5, 0.6) is 11.5 Å². The van der Waals surface area contributed by atoms with Gasteiger partial charge in [-0.05, 0) is 61.7 Å². The van der Waals surface area contributed by atoms with Crippen LogP contribution in [0.15, 0.2) is 47.4 Å². The number of ether oxygens (including phenoxy) is 2. The molecule has 0 saturated heterocycles. The molecule has 0 spiro atoms.